The van der Waals surface area contributed by atoms with Crippen molar-refractivity contribution in [2.45, 2.75) is 65.2 Å². The van der Waals surface area contributed by atoms with Crippen LogP contribution in [0.4, 0.5) is 9.59 Å². The van der Waals surface area contributed by atoms with Crippen molar-refractivity contribution in [1.82, 2.24) is 20.5 Å². The molecule has 1 aliphatic heterocycles. The lowest BCUT2D eigenvalue weighted by atomic mass is 10.1. The van der Waals surface area contributed by atoms with E-state index in [-0.39, 0.29) is 32.5 Å². The van der Waals surface area contributed by atoms with Crippen LogP contribution in [0, 0.1) is 0 Å². The lowest BCUT2D eigenvalue weighted by Crippen LogP contribution is -2.65. The van der Waals surface area contributed by atoms with Crippen LogP contribution in [0.15, 0.2) is 30.3 Å². The number of amides is 4. The van der Waals surface area contributed by atoms with Gasteiger partial charge in [-0.3, -0.25) is 9.59 Å². The van der Waals surface area contributed by atoms with E-state index in [9.17, 15) is 24.0 Å². The number of urea groups is 1. The fraction of sp³-hybridized carbons (Fsp3) is 0.542. The molecule has 2 rings (SSSR count). The molecule has 1 heterocycles. The molecule has 0 spiro atoms. The first-order valence-electron chi connectivity index (χ1n) is 11.6. The molecule has 1 N–H and O–H groups in total. The highest BCUT2D eigenvalue weighted by molar-refractivity contribution is 5.87. The van der Waals surface area contributed by atoms with E-state index in [1.54, 1.807) is 32.9 Å². The number of benzene rings is 1. The molecule has 1 fully saturated rings. The lowest BCUT2D eigenvalue weighted by molar-refractivity contribution is -0.165. The summed E-state index contributed by atoms with van der Waals surface area (Å²) in [5, 5.41) is 2.89. The maximum Gasteiger partial charge on any atom is 0.426 e. The maximum atomic E-state index is 13.6. The highest BCUT2D eigenvalue weighted by Gasteiger charge is 2.42. The Hall–Kier alpha value is -3.83. The second kappa shape index (κ2) is 12.8. The van der Waals surface area contributed by atoms with Crippen LogP contribution in [0.3, 0.4) is 0 Å². The van der Waals surface area contributed by atoms with Gasteiger partial charge in [0.15, 0.2) is 6.04 Å². The Labute approximate surface area is 210 Å². The highest BCUT2D eigenvalue weighted by Crippen LogP contribution is 2.22. The Kier molecular flexibility index (Phi) is 10.1. The Morgan fingerprint density at radius 3 is 2.36 bits per heavy atom. The van der Waals surface area contributed by atoms with Gasteiger partial charge in [-0.2, -0.15) is 0 Å². The highest BCUT2D eigenvalue weighted by atomic mass is 16.6. The van der Waals surface area contributed by atoms with Gasteiger partial charge in [0.1, 0.15) is 12.2 Å². The Balaban J connectivity index is 2.21. The van der Waals surface area contributed by atoms with Crippen molar-refractivity contribution in [3.63, 3.8) is 0 Å². The first-order chi connectivity index (χ1) is 16.9. The molecule has 1 saturated heterocycles. The van der Waals surface area contributed by atoms with Crippen LogP contribution in [0.25, 0.3) is 0 Å². The van der Waals surface area contributed by atoms with E-state index in [2.05, 4.69) is 5.43 Å². The number of carbonyl (C=O) groups excluding carboxylic acids is 5. The predicted octanol–water partition coefficient (Wildman–Crippen LogP) is 2.38. The van der Waals surface area contributed by atoms with Crippen LogP contribution in [-0.2, 0) is 35.2 Å². The largest absolute Gasteiger partial charge is 0.467 e. The average molecular weight is 507 g/mol. The van der Waals surface area contributed by atoms with Gasteiger partial charge in [-0.25, -0.2) is 34.8 Å². The van der Waals surface area contributed by atoms with Gasteiger partial charge >= 0.3 is 24.1 Å². The molecule has 1 aliphatic rings. The lowest BCUT2D eigenvalue weighted by Gasteiger charge is -2.43. The summed E-state index contributed by atoms with van der Waals surface area (Å²) in [6.45, 7) is 6.13. The van der Waals surface area contributed by atoms with Gasteiger partial charge in [0.05, 0.1) is 20.1 Å². The summed E-state index contributed by atoms with van der Waals surface area (Å²) in [4.78, 5) is 63.1. The second-order valence-corrected chi connectivity index (χ2v) is 9.11. The minimum absolute atomic E-state index is 0.0434. The number of methoxy groups -OCH3 is 1. The topological polar surface area (TPSA) is 135 Å². The summed E-state index contributed by atoms with van der Waals surface area (Å²) in [7, 11) is 1.18. The van der Waals surface area contributed by atoms with Crippen LogP contribution in [0.5, 0.6) is 0 Å². The monoisotopic (exact) mass is 506 g/mol. The molecular weight excluding hydrogens is 472 g/mol. The van der Waals surface area contributed by atoms with E-state index < -0.39 is 41.6 Å². The Morgan fingerprint density at radius 1 is 1.11 bits per heavy atom. The van der Waals surface area contributed by atoms with Crippen LogP contribution >= 0.6 is 0 Å². The van der Waals surface area contributed by atoms with Crippen LogP contribution < -0.4 is 5.43 Å². The number of ether oxygens (including phenoxy) is 3. The predicted molar refractivity (Wildman–Crippen MR) is 127 cm³/mol. The molecule has 0 unspecified atom stereocenters. The van der Waals surface area contributed by atoms with Gasteiger partial charge in [0.25, 0.3) is 0 Å². The Bertz CT molecular complexity index is 947. The standard InChI is InChI=1S/C24H34N4O8/c1-17(29)27-14-9-12-19(21(31)34-5)28(27)23(33)26(25-22(32)36-24(2,3)4)15-13-20(30)35-16-18-10-7-6-8-11-18/h6-8,10-11,19H,9,12-16H2,1-5H3,(H,25,32)/t19-/m0/s1. The Morgan fingerprint density at radius 2 is 1.78 bits per heavy atom. The molecule has 1 atom stereocenters. The van der Waals surface area contributed by atoms with E-state index in [1.807, 2.05) is 18.2 Å². The van der Waals surface area contributed by atoms with E-state index in [4.69, 9.17) is 14.2 Å². The third-order valence-electron chi connectivity index (χ3n) is 5.07. The molecule has 12 heteroatoms. The van der Waals surface area contributed by atoms with Crippen LogP contribution in [0.1, 0.15) is 52.5 Å². The molecule has 36 heavy (non-hydrogen) atoms. The third kappa shape index (κ3) is 8.43. The van der Waals surface area contributed by atoms with Gasteiger partial charge in [0, 0.05) is 13.5 Å². The average Bonchev–Trinajstić information content (AvgIpc) is 2.83. The van der Waals surface area contributed by atoms with Gasteiger partial charge < -0.3 is 14.2 Å². The summed E-state index contributed by atoms with van der Waals surface area (Å²) >= 11 is 0. The van der Waals surface area contributed by atoms with Crippen molar-refractivity contribution in [1.29, 1.82) is 0 Å². The fourth-order valence-corrected chi connectivity index (χ4v) is 3.48. The summed E-state index contributed by atoms with van der Waals surface area (Å²) < 4.78 is 15.3. The number of hydrazine groups is 2. The fourth-order valence-electron chi connectivity index (χ4n) is 3.48. The molecule has 0 saturated carbocycles. The molecular formula is C24H34N4O8. The minimum atomic E-state index is -1.09. The molecule has 0 radical (unpaired) electrons. The number of rotatable bonds is 6. The summed E-state index contributed by atoms with van der Waals surface area (Å²) in [5.74, 6) is -1.81. The van der Waals surface area contributed by atoms with Gasteiger partial charge in [-0.05, 0) is 39.2 Å². The summed E-state index contributed by atoms with van der Waals surface area (Å²) in [6.07, 6.45) is -0.504. The zero-order valence-electron chi connectivity index (χ0n) is 21.3. The molecule has 4 amide bonds. The molecule has 0 aromatic heterocycles. The number of hydrogen-bond acceptors (Lipinski definition) is 8. The molecule has 1 aromatic carbocycles. The molecule has 0 aliphatic carbocycles. The number of esters is 2. The molecule has 0 bridgehead atoms. The summed E-state index contributed by atoms with van der Waals surface area (Å²) in [5.41, 5.74) is 2.25. The van der Waals surface area contributed by atoms with E-state index in [0.29, 0.717) is 6.42 Å². The zero-order chi connectivity index (χ0) is 26.9. The number of carbonyl (C=O) groups is 5. The second-order valence-electron chi connectivity index (χ2n) is 9.11. The van der Waals surface area contributed by atoms with Crippen molar-refractivity contribution >= 4 is 30.0 Å². The number of hydrogen-bond donors (Lipinski definition) is 1. The van der Waals surface area contributed by atoms with Gasteiger partial charge in [-0.15, -0.1) is 0 Å². The zero-order valence-corrected chi connectivity index (χ0v) is 21.3. The van der Waals surface area contributed by atoms with Crippen molar-refractivity contribution in [2.75, 3.05) is 20.2 Å². The van der Waals surface area contributed by atoms with Crippen LogP contribution in [0.2, 0.25) is 0 Å². The van der Waals surface area contributed by atoms with E-state index in [1.165, 1.54) is 14.0 Å². The molecule has 1 aromatic rings. The third-order valence-corrected chi connectivity index (χ3v) is 5.07. The first kappa shape index (κ1) is 28.4. The number of nitrogens with one attached hydrogen (secondary N) is 1. The molecule has 12 nitrogen and oxygen atoms in total. The normalized spacial score (nSPS) is 15.5. The van der Waals surface area contributed by atoms with Crippen molar-refractivity contribution in [2.24, 2.45) is 0 Å². The van der Waals surface area contributed by atoms with E-state index >= 15 is 0 Å². The molecule has 198 valence electrons. The van der Waals surface area contributed by atoms with Crippen molar-refractivity contribution in [3.05, 3.63) is 35.9 Å². The quantitative estimate of drug-likeness (QED) is 0.353. The van der Waals surface area contributed by atoms with Gasteiger partial charge in [0.2, 0.25) is 5.91 Å². The first-order valence-corrected chi connectivity index (χ1v) is 11.6. The summed E-state index contributed by atoms with van der Waals surface area (Å²) in [6, 6.07) is 7.07. The van der Waals surface area contributed by atoms with Crippen LogP contribution in [-0.4, -0.2) is 76.8 Å². The van der Waals surface area contributed by atoms with Crippen molar-refractivity contribution < 1.29 is 38.2 Å². The van der Waals surface area contributed by atoms with Crippen molar-refractivity contribution in [3.8, 4) is 0 Å². The minimum Gasteiger partial charge on any atom is -0.467 e. The number of nitrogens with zero attached hydrogens (tertiary/aromatic N) is 3. The smallest absolute Gasteiger partial charge is 0.426 e. The van der Waals surface area contributed by atoms with Gasteiger partial charge in [-0.1, -0.05) is 30.3 Å². The SMILES string of the molecule is COC(=O)[C@@H]1CCCN(C(C)=O)N1C(=O)N(CCC(=O)OCc1ccccc1)NC(=O)OC(C)(C)C. The van der Waals surface area contributed by atoms with E-state index in [0.717, 1.165) is 20.6 Å². The maximum absolute atomic E-state index is 13.6.